The largest absolute Gasteiger partial charge is 0.478 e. The predicted molar refractivity (Wildman–Crippen MR) is 76.8 cm³/mol. The number of carboxylic acids is 1. The number of benzene rings is 1. The zero-order valence-electron chi connectivity index (χ0n) is 11.9. The highest BCUT2D eigenvalue weighted by Crippen LogP contribution is 2.30. The van der Waals surface area contributed by atoms with Crippen LogP contribution in [-0.4, -0.2) is 54.9 Å². The van der Waals surface area contributed by atoms with Crippen LogP contribution in [0.25, 0.3) is 0 Å². The molecule has 0 radical (unpaired) electrons. The lowest BCUT2D eigenvalue weighted by molar-refractivity contribution is 0.0697. The van der Waals surface area contributed by atoms with Crippen molar-refractivity contribution < 1.29 is 19.4 Å². The van der Waals surface area contributed by atoms with Gasteiger partial charge in [-0.05, 0) is 36.6 Å². The molecule has 6 heteroatoms. The third kappa shape index (κ3) is 2.47. The second-order valence-corrected chi connectivity index (χ2v) is 5.46. The molecule has 1 aromatic rings. The Morgan fingerprint density at radius 3 is 2.90 bits per heavy atom. The van der Waals surface area contributed by atoms with Crippen molar-refractivity contribution in [2.75, 3.05) is 31.7 Å². The van der Waals surface area contributed by atoms with Gasteiger partial charge >= 0.3 is 12.0 Å². The number of carbonyl (C=O) groups excluding carboxylic acids is 1. The van der Waals surface area contributed by atoms with Crippen molar-refractivity contribution in [1.29, 1.82) is 0 Å². The van der Waals surface area contributed by atoms with E-state index in [1.807, 2.05) is 0 Å². The van der Waals surface area contributed by atoms with Gasteiger partial charge in [0.2, 0.25) is 0 Å². The van der Waals surface area contributed by atoms with E-state index in [4.69, 9.17) is 9.84 Å². The fraction of sp³-hybridized carbons (Fsp3) is 0.467. The van der Waals surface area contributed by atoms with Gasteiger partial charge in [-0.15, -0.1) is 0 Å². The molecule has 6 nitrogen and oxygen atoms in total. The molecule has 0 bridgehead atoms. The Bertz CT molecular complexity index is 581. The number of ether oxygens (including phenoxy) is 1. The molecule has 0 spiro atoms. The Hall–Kier alpha value is -2.08. The molecule has 1 N–H and O–H groups in total. The number of amides is 2. The molecular weight excluding hydrogens is 272 g/mol. The molecular formula is C15H18N2O4. The van der Waals surface area contributed by atoms with E-state index in [1.165, 1.54) is 0 Å². The lowest BCUT2D eigenvalue weighted by atomic mass is 10.1. The Kier molecular flexibility index (Phi) is 3.55. The average Bonchev–Trinajstić information content (AvgIpc) is 3.14. The smallest absolute Gasteiger partial charge is 0.335 e. The fourth-order valence-electron chi connectivity index (χ4n) is 2.91. The van der Waals surface area contributed by atoms with Crippen molar-refractivity contribution in [3.05, 3.63) is 29.3 Å². The number of anilines is 1. The highest BCUT2D eigenvalue weighted by molar-refractivity contribution is 5.96. The molecule has 1 saturated heterocycles. The van der Waals surface area contributed by atoms with Crippen LogP contribution in [0.4, 0.5) is 10.5 Å². The van der Waals surface area contributed by atoms with E-state index in [-0.39, 0.29) is 17.6 Å². The van der Waals surface area contributed by atoms with Gasteiger partial charge in [0.1, 0.15) is 0 Å². The van der Waals surface area contributed by atoms with Crippen LogP contribution in [0.1, 0.15) is 22.3 Å². The zero-order valence-corrected chi connectivity index (χ0v) is 11.9. The minimum atomic E-state index is -0.942. The van der Waals surface area contributed by atoms with E-state index in [1.54, 1.807) is 35.0 Å². The van der Waals surface area contributed by atoms with Gasteiger partial charge < -0.3 is 14.7 Å². The van der Waals surface area contributed by atoms with E-state index in [0.717, 1.165) is 17.7 Å². The number of aromatic carboxylic acids is 1. The molecule has 0 saturated carbocycles. The Morgan fingerprint density at radius 2 is 2.24 bits per heavy atom. The first kappa shape index (κ1) is 13.9. The molecule has 1 fully saturated rings. The molecule has 1 aromatic carbocycles. The topological polar surface area (TPSA) is 70.1 Å². The number of carboxylic acid groups (broad SMARTS) is 1. The lowest BCUT2D eigenvalue weighted by Crippen LogP contribution is -2.45. The van der Waals surface area contributed by atoms with Gasteiger partial charge in [-0.1, -0.05) is 0 Å². The van der Waals surface area contributed by atoms with Crippen LogP contribution in [0, 0.1) is 0 Å². The van der Waals surface area contributed by atoms with Crippen LogP contribution < -0.4 is 4.90 Å². The Labute approximate surface area is 122 Å². The Morgan fingerprint density at radius 1 is 1.43 bits per heavy atom. The first-order valence-electron chi connectivity index (χ1n) is 7.06. The first-order chi connectivity index (χ1) is 10.1. The summed E-state index contributed by atoms with van der Waals surface area (Å²) in [6, 6.07) is 5.00. The van der Waals surface area contributed by atoms with Crippen molar-refractivity contribution in [2.24, 2.45) is 0 Å². The summed E-state index contributed by atoms with van der Waals surface area (Å²) in [5.74, 6) is -0.942. The van der Waals surface area contributed by atoms with Crippen LogP contribution in [-0.2, 0) is 11.2 Å². The predicted octanol–water partition coefficient (Wildman–Crippen LogP) is 1.59. The van der Waals surface area contributed by atoms with Gasteiger partial charge in [-0.2, -0.15) is 0 Å². The summed E-state index contributed by atoms with van der Waals surface area (Å²) in [5, 5.41) is 9.02. The number of carbonyl (C=O) groups is 2. The monoisotopic (exact) mass is 290 g/mol. The number of hydrogen-bond acceptors (Lipinski definition) is 3. The minimum absolute atomic E-state index is 0.0488. The molecule has 3 rings (SSSR count). The molecule has 2 aliphatic rings. The maximum atomic E-state index is 12.6. The third-order valence-corrected chi connectivity index (χ3v) is 4.21. The number of urea groups is 1. The van der Waals surface area contributed by atoms with E-state index in [2.05, 4.69) is 0 Å². The number of rotatable bonds is 2. The standard InChI is InChI=1S/C15H18N2O4/c1-16(12-5-7-21-9-12)15(20)17-6-4-10-8-11(14(18)19)2-3-13(10)17/h2-3,8,12H,4-7,9H2,1H3,(H,18,19). The fourth-order valence-corrected chi connectivity index (χ4v) is 2.91. The van der Waals surface area contributed by atoms with Crippen molar-refractivity contribution >= 4 is 17.7 Å². The van der Waals surface area contributed by atoms with Crippen LogP contribution >= 0.6 is 0 Å². The Balaban J connectivity index is 1.80. The SMILES string of the molecule is CN(C(=O)N1CCc2cc(C(=O)O)ccc21)C1CCOC1. The van der Waals surface area contributed by atoms with Crippen molar-refractivity contribution in [1.82, 2.24) is 4.90 Å². The quantitative estimate of drug-likeness (QED) is 0.898. The second-order valence-electron chi connectivity index (χ2n) is 5.46. The highest BCUT2D eigenvalue weighted by Gasteiger charge is 2.31. The van der Waals surface area contributed by atoms with E-state index >= 15 is 0 Å². The van der Waals surface area contributed by atoms with Gasteiger partial charge in [0.25, 0.3) is 0 Å². The maximum Gasteiger partial charge on any atom is 0.335 e. The molecule has 0 aromatic heterocycles. The van der Waals surface area contributed by atoms with Gasteiger partial charge in [0, 0.05) is 25.9 Å². The number of hydrogen-bond donors (Lipinski definition) is 1. The van der Waals surface area contributed by atoms with Crippen molar-refractivity contribution in [2.45, 2.75) is 18.9 Å². The maximum absolute atomic E-state index is 12.6. The number of likely N-dealkylation sites (N-methyl/N-ethyl adjacent to an activating group) is 1. The lowest BCUT2D eigenvalue weighted by Gasteiger charge is -2.29. The molecule has 0 aliphatic carbocycles. The summed E-state index contributed by atoms with van der Waals surface area (Å²) in [7, 11) is 1.80. The van der Waals surface area contributed by atoms with Gasteiger partial charge in [-0.25, -0.2) is 9.59 Å². The average molecular weight is 290 g/mol. The van der Waals surface area contributed by atoms with E-state index < -0.39 is 5.97 Å². The molecule has 2 heterocycles. The highest BCUT2D eigenvalue weighted by atomic mass is 16.5. The zero-order chi connectivity index (χ0) is 15.0. The summed E-state index contributed by atoms with van der Waals surface area (Å²) in [4.78, 5) is 27.0. The second kappa shape index (κ2) is 5.37. The molecule has 1 unspecified atom stereocenters. The summed E-state index contributed by atoms with van der Waals surface area (Å²) >= 11 is 0. The van der Waals surface area contributed by atoms with Crippen molar-refractivity contribution in [3.63, 3.8) is 0 Å². The van der Waals surface area contributed by atoms with Gasteiger partial charge in [-0.3, -0.25) is 4.90 Å². The minimum Gasteiger partial charge on any atom is -0.478 e. The third-order valence-electron chi connectivity index (χ3n) is 4.21. The molecule has 2 aliphatic heterocycles. The summed E-state index contributed by atoms with van der Waals surface area (Å²) < 4.78 is 5.32. The first-order valence-corrected chi connectivity index (χ1v) is 7.06. The summed E-state index contributed by atoms with van der Waals surface area (Å²) in [5.41, 5.74) is 2.00. The molecule has 112 valence electrons. The van der Waals surface area contributed by atoms with Crippen LogP contribution in [0.15, 0.2) is 18.2 Å². The normalized spacial score (nSPS) is 20.4. The number of nitrogens with zero attached hydrogens (tertiary/aromatic N) is 2. The van der Waals surface area contributed by atoms with E-state index in [0.29, 0.717) is 26.2 Å². The van der Waals surface area contributed by atoms with Crippen LogP contribution in [0.3, 0.4) is 0 Å². The van der Waals surface area contributed by atoms with E-state index in [9.17, 15) is 9.59 Å². The van der Waals surface area contributed by atoms with Crippen LogP contribution in [0.5, 0.6) is 0 Å². The summed E-state index contributed by atoms with van der Waals surface area (Å²) in [6.07, 6.45) is 1.55. The molecule has 2 amide bonds. The molecule has 1 atom stereocenters. The van der Waals surface area contributed by atoms with Gasteiger partial charge in [0.15, 0.2) is 0 Å². The van der Waals surface area contributed by atoms with Gasteiger partial charge in [0.05, 0.1) is 18.2 Å². The summed E-state index contributed by atoms with van der Waals surface area (Å²) in [6.45, 7) is 1.87. The van der Waals surface area contributed by atoms with Crippen LogP contribution in [0.2, 0.25) is 0 Å². The van der Waals surface area contributed by atoms with Crippen molar-refractivity contribution in [3.8, 4) is 0 Å². The number of fused-ring (bicyclic) bond motifs is 1. The molecule has 21 heavy (non-hydrogen) atoms.